The average Bonchev–Trinajstić information content (AvgIpc) is 3.25. The number of carboxylic acids is 1. The predicted molar refractivity (Wildman–Crippen MR) is 106 cm³/mol. The molecule has 3 fully saturated rings. The van der Waals surface area contributed by atoms with Gasteiger partial charge in [0.25, 0.3) is 11.8 Å². The Hall–Kier alpha value is -3.42. The molecule has 0 aliphatic carbocycles. The molecule has 8 heteroatoms. The van der Waals surface area contributed by atoms with Crippen molar-refractivity contribution >= 4 is 29.4 Å². The van der Waals surface area contributed by atoms with Gasteiger partial charge in [-0.2, -0.15) is 0 Å². The third kappa shape index (κ3) is 2.46. The van der Waals surface area contributed by atoms with Crippen LogP contribution in [0.5, 0.6) is 0 Å². The van der Waals surface area contributed by atoms with E-state index < -0.39 is 12.0 Å². The van der Waals surface area contributed by atoms with Crippen molar-refractivity contribution in [2.24, 2.45) is 5.92 Å². The Kier molecular flexibility index (Phi) is 4.06. The number of benzene rings is 1. The number of rotatable bonds is 3. The van der Waals surface area contributed by atoms with E-state index in [0.717, 1.165) is 5.69 Å². The molecule has 3 amide bonds. The lowest BCUT2D eigenvalue weighted by atomic mass is 9.77. The minimum absolute atomic E-state index is 0.0462. The fraction of sp³-hybridized carbons (Fsp3) is 0.364. The van der Waals surface area contributed by atoms with Gasteiger partial charge in [0.15, 0.2) is 0 Å². The van der Waals surface area contributed by atoms with Crippen molar-refractivity contribution in [3.8, 4) is 0 Å². The molecule has 0 saturated carbocycles. The molecule has 4 aliphatic rings. The molecule has 1 aromatic rings. The number of carboxylic acid groups (broad SMARTS) is 1. The minimum atomic E-state index is -1.18. The van der Waals surface area contributed by atoms with Gasteiger partial charge in [-0.3, -0.25) is 19.3 Å². The molecule has 30 heavy (non-hydrogen) atoms. The first-order valence-electron chi connectivity index (χ1n) is 10.1. The monoisotopic (exact) mass is 407 g/mol. The Morgan fingerprint density at radius 1 is 1.13 bits per heavy atom. The van der Waals surface area contributed by atoms with Crippen LogP contribution >= 0.6 is 0 Å². The van der Waals surface area contributed by atoms with Crippen molar-refractivity contribution in [1.29, 1.82) is 0 Å². The number of para-hydroxylation sites is 1. The number of aliphatic carboxylic acids is 1. The third-order valence-corrected chi connectivity index (χ3v) is 6.58. The smallest absolute Gasteiger partial charge is 0.352 e. The third-order valence-electron chi connectivity index (χ3n) is 6.58. The minimum Gasteiger partial charge on any atom is -0.477 e. The molecule has 4 heterocycles. The highest BCUT2D eigenvalue weighted by Crippen LogP contribution is 2.49. The Morgan fingerprint density at radius 3 is 2.53 bits per heavy atom. The van der Waals surface area contributed by atoms with Gasteiger partial charge in [0, 0.05) is 37.2 Å². The van der Waals surface area contributed by atoms with Crippen LogP contribution in [0.3, 0.4) is 0 Å². The van der Waals surface area contributed by atoms with Crippen LogP contribution in [0.2, 0.25) is 0 Å². The maximum absolute atomic E-state index is 13.0. The van der Waals surface area contributed by atoms with E-state index in [1.54, 1.807) is 11.0 Å². The van der Waals surface area contributed by atoms with E-state index in [0.29, 0.717) is 37.1 Å². The van der Waals surface area contributed by atoms with E-state index in [1.807, 2.05) is 30.3 Å². The number of likely N-dealkylation sites (tertiary alicyclic amines) is 1. The highest BCUT2D eigenvalue weighted by atomic mass is 16.4. The molecule has 0 aromatic heterocycles. The van der Waals surface area contributed by atoms with Crippen molar-refractivity contribution < 1.29 is 24.3 Å². The van der Waals surface area contributed by atoms with Crippen LogP contribution in [0.25, 0.3) is 0 Å². The van der Waals surface area contributed by atoms with Gasteiger partial charge in [-0.15, -0.1) is 0 Å². The topological polar surface area (TPSA) is 98.2 Å². The highest BCUT2D eigenvalue weighted by molar-refractivity contribution is 6.09. The number of carbonyl (C=O) groups is 4. The number of anilines is 1. The summed E-state index contributed by atoms with van der Waals surface area (Å²) in [4.78, 5) is 54.2. The van der Waals surface area contributed by atoms with Gasteiger partial charge in [-0.1, -0.05) is 18.2 Å². The van der Waals surface area contributed by atoms with Crippen molar-refractivity contribution in [2.45, 2.75) is 31.8 Å². The number of carbonyl (C=O) groups excluding carboxylic acids is 3. The Morgan fingerprint density at radius 2 is 1.87 bits per heavy atom. The predicted octanol–water partition coefficient (Wildman–Crippen LogP) is 1.15. The zero-order valence-electron chi connectivity index (χ0n) is 16.4. The van der Waals surface area contributed by atoms with Gasteiger partial charge in [-0.25, -0.2) is 4.79 Å². The first kappa shape index (κ1) is 18.6. The zero-order valence-corrected chi connectivity index (χ0v) is 16.4. The van der Waals surface area contributed by atoms with Gasteiger partial charge in [-0.05, 0) is 36.6 Å². The summed E-state index contributed by atoms with van der Waals surface area (Å²) in [6, 6.07) is 8.39. The Labute approximate surface area is 173 Å². The lowest BCUT2D eigenvalue weighted by Gasteiger charge is -2.53. The SMILES string of the molecule is CC(=O)N1CCC2C(/C=C3\CCN(c4ccccc4)C3=O)=C(C(=O)O)N3C(=O)[C@@H]1[C@@H]23. The summed E-state index contributed by atoms with van der Waals surface area (Å²) in [5.74, 6) is -2.03. The van der Waals surface area contributed by atoms with E-state index in [-0.39, 0.29) is 35.4 Å². The second kappa shape index (κ2) is 6.55. The number of nitrogens with zero attached hydrogens (tertiary/aromatic N) is 3. The Balaban J connectivity index is 1.50. The van der Waals surface area contributed by atoms with Crippen LogP contribution in [0, 0.1) is 5.92 Å². The second-order valence-corrected chi connectivity index (χ2v) is 8.07. The van der Waals surface area contributed by atoms with E-state index in [9.17, 15) is 24.3 Å². The van der Waals surface area contributed by atoms with E-state index >= 15 is 0 Å². The van der Waals surface area contributed by atoms with Crippen LogP contribution in [0.1, 0.15) is 19.8 Å². The fourth-order valence-electron chi connectivity index (χ4n) is 5.26. The quantitative estimate of drug-likeness (QED) is 0.599. The molecule has 1 N–H and O–H groups in total. The second-order valence-electron chi connectivity index (χ2n) is 8.07. The van der Waals surface area contributed by atoms with Crippen LogP contribution in [0.15, 0.2) is 53.3 Å². The molecular weight excluding hydrogens is 386 g/mol. The number of allylic oxidation sites excluding steroid dienone is 1. The number of hydrogen-bond donors (Lipinski definition) is 1. The van der Waals surface area contributed by atoms with Crippen LogP contribution in [0.4, 0.5) is 5.69 Å². The van der Waals surface area contributed by atoms with E-state index in [4.69, 9.17) is 0 Å². The normalized spacial score (nSPS) is 28.9. The van der Waals surface area contributed by atoms with Crippen molar-refractivity contribution in [1.82, 2.24) is 9.80 Å². The van der Waals surface area contributed by atoms with Crippen molar-refractivity contribution in [2.75, 3.05) is 18.0 Å². The maximum atomic E-state index is 13.0. The van der Waals surface area contributed by atoms with Gasteiger partial charge in [0.05, 0.1) is 6.04 Å². The fourth-order valence-corrected chi connectivity index (χ4v) is 5.26. The molecule has 3 saturated heterocycles. The largest absolute Gasteiger partial charge is 0.477 e. The first-order valence-corrected chi connectivity index (χ1v) is 10.1. The standard InChI is InChI=1S/C22H21N3O5/c1-12(26)23-10-8-15-16(18(22(29)30)25-17(15)19(23)21(25)28)11-13-7-9-24(20(13)27)14-5-3-2-4-6-14/h2-6,11,15,17,19H,7-10H2,1H3,(H,29,30)/b13-11+/t15?,17-,19+/m1/s1. The summed E-state index contributed by atoms with van der Waals surface area (Å²) in [5, 5.41) is 9.83. The zero-order chi connectivity index (χ0) is 21.2. The van der Waals surface area contributed by atoms with Gasteiger partial charge < -0.3 is 14.9 Å². The molecule has 1 unspecified atom stereocenters. The molecule has 4 aliphatic heterocycles. The van der Waals surface area contributed by atoms with Crippen LogP contribution in [-0.2, 0) is 19.2 Å². The molecule has 154 valence electrons. The van der Waals surface area contributed by atoms with Gasteiger partial charge >= 0.3 is 5.97 Å². The number of piperidine rings is 1. The molecular formula is C22H21N3O5. The molecule has 5 rings (SSSR count). The summed E-state index contributed by atoms with van der Waals surface area (Å²) in [6.07, 6.45) is 2.76. The van der Waals surface area contributed by atoms with Gasteiger partial charge in [0.1, 0.15) is 11.7 Å². The highest BCUT2D eigenvalue weighted by Gasteiger charge is 2.63. The summed E-state index contributed by atoms with van der Waals surface area (Å²) in [6.45, 7) is 2.36. The molecule has 1 aromatic carbocycles. The first-order chi connectivity index (χ1) is 14.4. The summed E-state index contributed by atoms with van der Waals surface area (Å²) < 4.78 is 0. The summed E-state index contributed by atoms with van der Waals surface area (Å²) in [5.41, 5.74) is 1.84. The Bertz CT molecular complexity index is 1040. The van der Waals surface area contributed by atoms with E-state index in [2.05, 4.69) is 0 Å². The number of hydrogen-bond acceptors (Lipinski definition) is 4. The van der Waals surface area contributed by atoms with Crippen LogP contribution in [-0.4, -0.2) is 63.8 Å². The van der Waals surface area contributed by atoms with Crippen LogP contribution < -0.4 is 4.90 Å². The lowest BCUT2D eigenvalue weighted by Crippen LogP contribution is -2.73. The van der Waals surface area contributed by atoms with Crippen molar-refractivity contribution in [3.05, 3.63) is 53.3 Å². The molecule has 0 spiro atoms. The van der Waals surface area contributed by atoms with Crippen molar-refractivity contribution in [3.63, 3.8) is 0 Å². The molecule has 3 atom stereocenters. The molecule has 0 radical (unpaired) electrons. The van der Waals surface area contributed by atoms with E-state index in [1.165, 1.54) is 16.7 Å². The summed E-state index contributed by atoms with van der Waals surface area (Å²) in [7, 11) is 0. The average molecular weight is 407 g/mol. The summed E-state index contributed by atoms with van der Waals surface area (Å²) >= 11 is 0. The lowest BCUT2D eigenvalue weighted by molar-refractivity contribution is -0.168. The number of amides is 3. The molecule has 0 bridgehead atoms. The maximum Gasteiger partial charge on any atom is 0.352 e. The van der Waals surface area contributed by atoms with Gasteiger partial charge in [0.2, 0.25) is 5.91 Å². The number of β-lactam (4-membered cyclic amide) rings is 1. The molecule has 8 nitrogen and oxygen atoms in total.